The predicted octanol–water partition coefficient (Wildman–Crippen LogP) is 3.30. The van der Waals surface area contributed by atoms with Crippen molar-refractivity contribution in [1.29, 1.82) is 5.26 Å². The first kappa shape index (κ1) is 11.2. The van der Waals surface area contributed by atoms with Gasteiger partial charge in [-0.2, -0.15) is 5.26 Å². The third kappa shape index (κ3) is 2.26. The largest absolute Gasteiger partial charge is 0.350 e. The number of benzene rings is 1. The van der Waals surface area contributed by atoms with Gasteiger partial charge >= 0.3 is 0 Å². The molecule has 2 aromatic rings. The smallest absolute Gasteiger partial charge is 0.186 e. The standard InChI is InChI=1S/C11H10ClN3S/c1-15(6-2-5-13)11-14-9-4-3-8(12)7-10(9)16-11/h3-4,7H,2,6H2,1H3. The van der Waals surface area contributed by atoms with Crippen molar-refractivity contribution in [3.05, 3.63) is 23.2 Å². The van der Waals surface area contributed by atoms with Gasteiger partial charge in [-0.3, -0.25) is 0 Å². The quantitative estimate of drug-likeness (QED) is 0.840. The lowest BCUT2D eigenvalue weighted by Crippen LogP contribution is -2.17. The van der Waals surface area contributed by atoms with Gasteiger partial charge in [-0.25, -0.2) is 4.98 Å². The summed E-state index contributed by atoms with van der Waals surface area (Å²) in [7, 11) is 1.94. The Balaban J connectivity index is 2.29. The van der Waals surface area contributed by atoms with Gasteiger partial charge in [-0.05, 0) is 18.2 Å². The lowest BCUT2D eigenvalue weighted by Gasteiger charge is -2.12. The van der Waals surface area contributed by atoms with Crippen molar-refractivity contribution in [2.45, 2.75) is 6.42 Å². The summed E-state index contributed by atoms with van der Waals surface area (Å²) in [4.78, 5) is 6.47. The monoisotopic (exact) mass is 251 g/mol. The lowest BCUT2D eigenvalue weighted by molar-refractivity contribution is 0.901. The molecule has 0 amide bonds. The summed E-state index contributed by atoms with van der Waals surface area (Å²) in [6.07, 6.45) is 0.507. The van der Waals surface area contributed by atoms with Crippen molar-refractivity contribution >= 4 is 38.3 Å². The molecule has 0 bridgehead atoms. The first-order valence-electron chi connectivity index (χ1n) is 4.85. The minimum atomic E-state index is 0.507. The molecule has 0 aliphatic carbocycles. The van der Waals surface area contributed by atoms with Crippen LogP contribution in [0.4, 0.5) is 5.13 Å². The van der Waals surface area contributed by atoms with Crippen molar-refractivity contribution in [2.24, 2.45) is 0 Å². The van der Waals surface area contributed by atoms with Crippen molar-refractivity contribution in [3.63, 3.8) is 0 Å². The molecule has 0 spiro atoms. The van der Waals surface area contributed by atoms with Crippen LogP contribution >= 0.6 is 22.9 Å². The van der Waals surface area contributed by atoms with Crippen molar-refractivity contribution < 1.29 is 0 Å². The van der Waals surface area contributed by atoms with E-state index in [1.54, 1.807) is 11.3 Å². The van der Waals surface area contributed by atoms with Gasteiger partial charge in [-0.1, -0.05) is 22.9 Å². The van der Waals surface area contributed by atoms with E-state index in [0.29, 0.717) is 13.0 Å². The predicted molar refractivity (Wildman–Crippen MR) is 68.1 cm³/mol. The normalized spacial score (nSPS) is 10.3. The van der Waals surface area contributed by atoms with E-state index >= 15 is 0 Å². The average Bonchev–Trinajstić information content (AvgIpc) is 2.68. The molecule has 2 rings (SSSR count). The molecule has 0 saturated carbocycles. The van der Waals surface area contributed by atoms with Crippen LogP contribution < -0.4 is 4.90 Å². The lowest BCUT2D eigenvalue weighted by atomic mass is 10.3. The second-order valence-corrected chi connectivity index (χ2v) is 4.88. The number of fused-ring (bicyclic) bond motifs is 1. The van der Waals surface area contributed by atoms with Crippen molar-refractivity contribution in [2.75, 3.05) is 18.5 Å². The summed E-state index contributed by atoms with van der Waals surface area (Å²) in [5.41, 5.74) is 0.952. The molecule has 82 valence electrons. The molecule has 0 saturated heterocycles. The van der Waals surface area contributed by atoms with Crippen LogP contribution in [-0.2, 0) is 0 Å². The van der Waals surface area contributed by atoms with Crippen LogP contribution in [0.15, 0.2) is 18.2 Å². The molecule has 16 heavy (non-hydrogen) atoms. The van der Waals surface area contributed by atoms with Crippen molar-refractivity contribution in [1.82, 2.24) is 4.98 Å². The third-order valence-corrected chi connectivity index (χ3v) is 3.59. The maximum absolute atomic E-state index is 8.53. The molecule has 0 aliphatic rings. The van der Waals surface area contributed by atoms with E-state index in [4.69, 9.17) is 16.9 Å². The molecule has 0 aliphatic heterocycles. The summed E-state index contributed by atoms with van der Waals surface area (Å²) in [6, 6.07) is 7.79. The maximum atomic E-state index is 8.53. The Bertz CT molecular complexity index is 544. The van der Waals surface area contributed by atoms with Gasteiger partial charge in [0.05, 0.1) is 22.7 Å². The second-order valence-electron chi connectivity index (χ2n) is 3.44. The highest BCUT2D eigenvalue weighted by molar-refractivity contribution is 7.22. The van der Waals surface area contributed by atoms with Crippen LogP contribution in [0.25, 0.3) is 10.2 Å². The van der Waals surface area contributed by atoms with Crippen LogP contribution in [0.5, 0.6) is 0 Å². The fourth-order valence-electron chi connectivity index (χ4n) is 1.36. The fraction of sp³-hybridized carbons (Fsp3) is 0.273. The Morgan fingerprint density at radius 1 is 1.56 bits per heavy atom. The highest BCUT2D eigenvalue weighted by Crippen LogP contribution is 2.29. The van der Waals surface area contributed by atoms with Gasteiger partial charge in [0.1, 0.15) is 0 Å². The van der Waals surface area contributed by atoms with Crippen LogP contribution in [0.1, 0.15) is 6.42 Å². The van der Waals surface area contributed by atoms with Gasteiger partial charge < -0.3 is 4.90 Å². The molecule has 0 fully saturated rings. The average molecular weight is 252 g/mol. The highest BCUT2D eigenvalue weighted by atomic mass is 35.5. The zero-order valence-electron chi connectivity index (χ0n) is 8.77. The van der Waals surface area contributed by atoms with E-state index in [-0.39, 0.29) is 0 Å². The summed E-state index contributed by atoms with van der Waals surface area (Å²) < 4.78 is 1.08. The first-order valence-corrected chi connectivity index (χ1v) is 6.04. The molecular formula is C11H10ClN3S. The number of halogens is 1. The Hall–Kier alpha value is -1.31. The van der Waals surface area contributed by atoms with Crippen LogP contribution in [-0.4, -0.2) is 18.6 Å². The van der Waals surface area contributed by atoms with E-state index in [1.165, 1.54) is 0 Å². The molecule has 5 heteroatoms. The SMILES string of the molecule is CN(CCC#N)c1nc2ccc(Cl)cc2s1. The van der Waals surface area contributed by atoms with E-state index < -0.39 is 0 Å². The van der Waals surface area contributed by atoms with Gasteiger partial charge in [0, 0.05) is 18.6 Å². The van der Waals surface area contributed by atoms with Crippen LogP contribution in [0.3, 0.4) is 0 Å². The number of aromatic nitrogens is 1. The Kier molecular flexibility index (Phi) is 3.28. The molecular weight excluding hydrogens is 242 g/mol. The molecule has 0 radical (unpaired) electrons. The molecule has 1 aromatic heterocycles. The highest BCUT2D eigenvalue weighted by Gasteiger charge is 2.08. The van der Waals surface area contributed by atoms with Crippen LogP contribution in [0.2, 0.25) is 5.02 Å². The number of thiazole rings is 1. The number of hydrogen-bond acceptors (Lipinski definition) is 4. The van der Waals surface area contributed by atoms with Gasteiger partial charge in [0.15, 0.2) is 5.13 Å². The zero-order valence-corrected chi connectivity index (χ0v) is 10.3. The first-order chi connectivity index (χ1) is 7.70. The van der Waals surface area contributed by atoms with Crippen LogP contribution in [0, 0.1) is 11.3 Å². The molecule has 0 atom stereocenters. The minimum absolute atomic E-state index is 0.507. The van der Waals surface area contributed by atoms with Gasteiger partial charge in [-0.15, -0.1) is 0 Å². The number of nitriles is 1. The third-order valence-electron chi connectivity index (χ3n) is 2.22. The Morgan fingerprint density at radius 3 is 3.12 bits per heavy atom. The number of rotatable bonds is 3. The molecule has 0 unspecified atom stereocenters. The Morgan fingerprint density at radius 2 is 2.38 bits per heavy atom. The maximum Gasteiger partial charge on any atom is 0.186 e. The molecule has 1 heterocycles. The number of anilines is 1. The summed E-state index contributed by atoms with van der Waals surface area (Å²) in [6.45, 7) is 0.698. The van der Waals surface area contributed by atoms with Gasteiger partial charge in [0.25, 0.3) is 0 Å². The summed E-state index contributed by atoms with van der Waals surface area (Å²) in [5, 5.41) is 10.2. The molecule has 3 nitrogen and oxygen atoms in total. The van der Waals surface area contributed by atoms with Gasteiger partial charge in [0.2, 0.25) is 0 Å². The molecule has 1 aromatic carbocycles. The van der Waals surface area contributed by atoms with E-state index in [9.17, 15) is 0 Å². The number of hydrogen-bond donors (Lipinski definition) is 0. The topological polar surface area (TPSA) is 39.9 Å². The van der Waals surface area contributed by atoms with E-state index in [2.05, 4.69) is 11.1 Å². The second kappa shape index (κ2) is 4.69. The van der Waals surface area contributed by atoms with Crippen molar-refractivity contribution in [3.8, 4) is 6.07 Å². The zero-order chi connectivity index (χ0) is 11.5. The fourth-order valence-corrected chi connectivity index (χ4v) is 2.59. The Labute approximate surface area is 103 Å². The van der Waals surface area contributed by atoms with E-state index in [0.717, 1.165) is 20.4 Å². The summed E-state index contributed by atoms with van der Waals surface area (Å²) >= 11 is 7.50. The minimum Gasteiger partial charge on any atom is -0.350 e. The summed E-state index contributed by atoms with van der Waals surface area (Å²) in [5.74, 6) is 0. The van der Waals surface area contributed by atoms with E-state index in [1.807, 2.05) is 30.1 Å². The number of nitrogens with zero attached hydrogens (tertiary/aromatic N) is 3. The molecule has 0 N–H and O–H groups in total.